The lowest BCUT2D eigenvalue weighted by Crippen LogP contribution is -2.28. The molecule has 0 heterocycles. The van der Waals surface area contributed by atoms with Gasteiger partial charge in [-0.25, -0.2) is 0 Å². The fourth-order valence-corrected chi connectivity index (χ4v) is 5.19. The third-order valence-electron chi connectivity index (χ3n) is 6.11. The van der Waals surface area contributed by atoms with Crippen LogP contribution in [0.2, 0.25) is 0 Å². The summed E-state index contributed by atoms with van der Waals surface area (Å²) in [6.07, 6.45) is 3.66. The molecule has 0 aliphatic heterocycles. The number of hydrogen-bond donors (Lipinski definition) is 0. The van der Waals surface area contributed by atoms with Gasteiger partial charge in [0.1, 0.15) is 0 Å². The molecule has 3 fully saturated rings. The van der Waals surface area contributed by atoms with Crippen LogP contribution in [0, 0.1) is 41.4 Å². The molecule has 3 aliphatic carbocycles. The van der Waals surface area contributed by atoms with Crippen LogP contribution in [-0.4, -0.2) is 12.6 Å². The lowest BCUT2D eigenvalue weighted by Gasteiger charge is -2.34. The van der Waals surface area contributed by atoms with Crippen molar-refractivity contribution in [3.63, 3.8) is 0 Å². The number of fused-ring (bicyclic) bond motifs is 5. The Hall–Kier alpha value is -0.530. The summed E-state index contributed by atoms with van der Waals surface area (Å²) in [5.74, 6) is 5.51. The number of esters is 1. The Balaban J connectivity index is 1.71. The smallest absolute Gasteiger partial charge is 0.308 e. The van der Waals surface area contributed by atoms with Gasteiger partial charge in [-0.05, 0) is 61.7 Å². The number of carbonyl (C=O) groups is 1. The molecule has 3 aliphatic rings. The molecule has 2 heteroatoms. The second kappa shape index (κ2) is 4.00. The zero-order valence-electron chi connectivity index (χ0n) is 11.2. The van der Waals surface area contributed by atoms with Gasteiger partial charge in [0.2, 0.25) is 0 Å². The summed E-state index contributed by atoms with van der Waals surface area (Å²) < 4.78 is 5.20. The summed E-state index contributed by atoms with van der Waals surface area (Å²) in [5.41, 5.74) is 0. The van der Waals surface area contributed by atoms with Crippen LogP contribution >= 0.6 is 0 Å². The van der Waals surface area contributed by atoms with Gasteiger partial charge in [-0.2, -0.15) is 0 Å². The predicted octanol–water partition coefficient (Wildman–Crippen LogP) is 3.11. The minimum atomic E-state index is 0.0709. The third kappa shape index (κ3) is 1.56. The Morgan fingerprint density at radius 1 is 1.00 bits per heavy atom. The summed E-state index contributed by atoms with van der Waals surface area (Å²) in [4.78, 5) is 11.9. The van der Waals surface area contributed by atoms with Gasteiger partial charge in [0.05, 0.1) is 12.5 Å². The number of hydrogen-bond acceptors (Lipinski definition) is 2. The standard InChI is InChI=1S/C15H24O2/c1-4-17-15(16)10-5-13-11-7-12(14(13)6-10)9(3)8(11)2/h8-14H,4-7H2,1-3H3. The molecule has 0 aromatic heterocycles. The van der Waals surface area contributed by atoms with Crippen LogP contribution in [0.15, 0.2) is 0 Å². The molecule has 2 nitrogen and oxygen atoms in total. The van der Waals surface area contributed by atoms with Crippen LogP contribution in [0.5, 0.6) is 0 Å². The van der Waals surface area contributed by atoms with Crippen molar-refractivity contribution < 1.29 is 9.53 Å². The lowest BCUT2D eigenvalue weighted by molar-refractivity contribution is -0.148. The first-order valence-corrected chi connectivity index (χ1v) is 7.30. The van der Waals surface area contributed by atoms with E-state index in [0.29, 0.717) is 6.61 Å². The molecular weight excluding hydrogens is 212 g/mol. The second-order valence-corrected chi connectivity index (χ2v) is 6.53. The molecule has 3 rings (SSSR count). The Labute approximate surface area is 104 Å². The number of rotatable bonds is 2. The molecule has 2 bridgehead atoms. The van der Waals surface area contributed by atoms with Gasteiger partial charge in [-0.3, -0.25) is 4.79 Å². The van der Waals surface area contributed by atoms with Crippen LogP contribution in [-0.2, 0) is 9.53 Å². The van der Waals surface area contributed by atoms with Gasteiger partial charge in [-0.1, -0.05) is 13.8 Å². The van der Waals surface area contributed by atoms with Gasteiger partial charge in [0.15, 0.2) is 0 Å². The molecule has 0 aromatic carbocycles. The van der Waals surface area contributed by atoms with E-state index in [1.807, 2.05) is 6.92 Å². The van der Waals surface area contributed by atoms with Crippen molar-refractivity contribution in [2.45, 2.75) is 40.0 Å². The summed E-state index contributed by atoms with van der Waals surface area (Å²) >= 11 is 0. The highest BCUT2D eigenvalue weighted by molar-refractivity contribution is 5.72. The van der Waals surface area contributed by atoms with E-state index in [1.54, 1.807) is 0 Å². The van der Waals surface area contributed by atoms with E-state index in [1.165, 1.54) is 6.42 Å². The highest BCUT2D eigenvalue weighted by Gasteiger charge is 2.58. The summed E-state index contributed by atoms with van der Waals surface area (Å²) in [6.45, 7) is 7.28. The SMILES string of the molecule is CCOC(=O)C1CC2C3CC(C(C)C3C)C2C1. The van der Waals surface area contributed by atoms with Crippen LogP contribution in [0.1, 0.15) is 40.0 Å². The molecule has 6 unspecified atom stereocenters. The maximum absolute atomic E-state index is 11.9. The van der Waals surface area contributed by atoms with Crippen LogP contribution in [0.4, 0.5) is 0 Å². The predicted molar refractivity (Wildman–Crippen MR) is 66.3 cm³/mol. The van der Waals surface area contributed by atoms with Crippen LogP contribution in [0.25, 0.3) is 0 Å². The molecule has 96 valence electrons. The van der Waals surface area contributed by atoms with Gasteiger partial charge >= 0.3 is 5.97 Å². The summed E-state index contributed by atoms with van der Waals surface area (Å²) in [6, 6.07) is 0. The van der Waals surface area contributed by atoms with Gasteiger partial charge < -0.3 is 4.74 Å². The molecule has 6 atom stereocenters. The average molecular weight is 236 g/mol. The zero-order valence-corrected chi connectivity index (χ0v) is 11.2. The van der Waals surface area contributed by atoms with Gasteiger partial charge in [0.25, 0.3) is 0 Å². The van der Waals surface area contributed by atoms with Crippen molar-refractivity contribution in [3.8, 4) is 0 Å². The van der Waals surface area contributed by atoms with Crippen LogP contribution in [0.3, 0.4) is 0 Å². The van der Waals surface area contributed by atoms with Crippen molar-refractivity contribution in [2.24, 2.45) is 41.4 Å². The fourth-order valence-electron chi connectivity index (χ4n) is 5.19. The molecule has 0 saturated heterocycles. The van der Waals surface area contributed by atoms with E-state index >= 15 is 0 Å². The molecule has 0 N–H and O–H groups in total. The van der Waals surface area contributed by atoms with Crippen LogP contribution < -0.4 is 0 Å². The normalized spacial score (nSPS) is 51.6. The van der Waals surface area contributed by atoms with Crippen molar-refractivity contribution in [1.82, 2.24) is 0 Å². The fraction of sp³-hybridized carbons (Fsp3) is 0.933. The van der Waals surface area contributed by atoms with Crippen molar-refractivity contribution in [3.05, 3.63) is 0 Å². The number of carbonyl (C=O) groups excluding carboxylic acids is 1. The van der Waals surface area contributed by atoms with E-state index in [-0.39, 0.29) is 11.9 Å². The lowest BCUT2D eigenvalue weighted by atomic mass is 9.71. The van der Waals surface area contributed by atoms with Crippen molar-refractivity contribution >= 4 is 5.97 Å². The highest BCUT2D eigenvalue weighted by atomic mass is 16.5. The first kappa shape index (κ1) is 11.6. The van der Waals surface area contributed by atoms with Gasteiger partial charge in [-0.15, -0.1) is 0 Å². The first-order chi connectivity index (χ1) is 8.13. The Morgan fingerprint density at radius 2 is 1.53 bits per heavy atom. The monoisotopic (exact) mass is 236 g/mol. The summed E-state index contributed by atoms with van der Waals surface area (Å²) in [7, 11) is 0. The maximum atomic E-state index is 11.9. The molecule has 0 radical (unpaired) electrons. The van der Waals surface area contributed by atoms with E-state index in [0.717, 1.165) is 48.3 Å². The molecule has 0 aromatic rings. The molecule has 3 saturated carbocycles. The number of ether oxygens (including phenoxy) is 1. The van der Waals surface area contributed by atoms with E-state index in [2.05, 4.69) is 13.8 Å². The Morgan fingerprint density at radius 3 is 2.00 bits per heavy atom. The van der Waals surface area contributed by atoms with E-state index < -0.39 is 0 Å². The summed E-state index contributed by atoms with van der Waals surface area (Å²) in [5, 5.41) is 0. The Kier molecular flexibility index (Phi) is 2.72. The van der Waals surface area contributed by atoms with Crippen molar-refractivity contribution in [2.75, 3.05) is 6.61 Å². The topological polar surface area (TPSA) is 26.3 Å². The molecule has 0 amide bonds. The zero-order chi connectivity index (χ0) is 12.2. The molecular formula is C15H24O2. The van der Waals surface area contributed by atoms with E-state index in [4.69, 9.17) is 4.74 Å². The van der Waals surface area contributed by atoms with Gasteiger partial charge in [0, 0.05) is 0 Å². The second-order valence-electron chi connectivity index (χ2n) is 6.53. The third-order valence-corrected chi connectivity index (χ3v) is 6.11. The quantitative estimate of drug-likeness (QED) is 0.689. The maximum Gasteiger partial charge on any atom is 0.308 e. The van der Waals surface area contributed by atoms with E-state index in [9.17, 15) is 4.79 Å². The van der Waals surface area contributed by atoms with Crippen molar-refractivity contribution in [1.29, 1.82) is 0 Å². The largest absolute Gasteiger partial charge is 0.466 e. The molecule has 0 spiro atoms. The minimum absolute atomic E-state index is 0.0709. The Bertz CT molecular complexity index is 303. The highest BCUT2D eigenvalue weighted by Crippen LogP contribution is 2.64. The first-order valence-electron chi connectivity index (χ1n) is 7.30. The average Bonchev–Trinajstić information content (AvgIpc) is 2.91. The molecule has 17 heavy (non-hydrogen) atoms. The minimum Gasteiger partial charge on any atom is -0.466 e.